The van der Waals surface area contributed by atoms with Crippen molar-refractivity contribution in [2.75, 3.05) is 5.32 Å². The maximum atomic E-state index is 13.2. The molecule has 150 valence electrons. The Kier molecular flexibility index (Phi) is 6.01. The monoisotopic (exact) mass is 400 g/mol. The molecule has 1 heterocycles. The van der Waals surface area contributed by atoms with Crippen LogP contribution in [0.3, 0.4) is 0 Å². The maximum Gasteiger partial charge on any atom is 0.246 e. The van der Waals surface area contributed by atoms with Gasteiger partial charge in [0.25, 0.3) is 0 Å². The third kappa shape index (κ3) is 4.64. The summed E-state index contributed by atoms with van der Waals surface area (Å²) in [4.78, 5) is 13.2. The quantitative estimate of drug-likeness (QED) is 0.432. The van der Waals surface area contributed by atoms with Gasteiger partial charge in [0.1, 0.15) is 17.6 Å². The maximum absolute atomic E-state index is 13.2. The standard InChI is InChI=1S/C25H21FN2O2/c26-20-13-15-21(16-14-20)27-25(29)24(19-10-5-2-6-11-19)28-23(22-12-7-17-30-22)18-8-3-1-4-9-18/h1-17,23-24,28H,(H,27,29)/t23-,24-/m0/s1. The van der Waals surface area contributed by atoms with Crippen molar-refractivity contribution in [3.05, 3.63) is 126 Å². The van der Waals surface area contributed by atoms with Crippen molar-refractivity contribution < 1.29 is 13.6 Å². The third-order valence-electron chi connectivity index (χ3n) is 4.80. The minimum Gasteiger partial charge on any atom is -0.467 e. The molecule has 0 aliphatic rings. The Morgan fingerprint density at radius 1 is 0.767 bits per heavy atom. The van der Waals surface area contributed by atoms with Gasteiger partial charge in [0.05, 0.1) is 12.3 Å². The summed E-state index contributed by atoms with van der Waals surface area (Å²) >= 11 is 0. The first kappa shape index (κ1) is 19.6. The Morgan fingerprint density at radius 3 is 2.00 bits per heavy atom. The van der Waals surface area contributed by atoms with Gasteiger partial charge in [-0.05, 0) is 47.5 Å². The number of halogens is 1. The van der Waals surface area contributed by atoms with Crippen molar-refractivity contribution in [3.63, 3.8) is 0 Å². The van der Waals surface area contributed by atoms with E-state index in [-0.39, 0.29) is 17.8 Å². The number of carbonyl (C=O) groups is 1. The zero-order valence-corrected chi connectivity index (χ0v) is 16.2. The average molecular weight is 400 g/mol. The molecular formula is C25H21FN2O2. The molecule has 0 saturated carbocycles. The van der Waals surface area contributed by atoms with E-state index in [1.807, 2.05) is 72.8 Å². The molecule has 0 bridgehead atoms. The Hall–Kier alpha value is -3.70. The molecule has 0 unspecified atom stereocenters. The van der Waals surface area contributed by atoms with Gasteiger partial charge < -0.3 is 9.73 Å². The van der Waals surface area contributed by atoms with Gasteiger partial charge in [-0.1, -0.05) is 60.7 Å². The smallest absolute Gasteiger partial charge is 0.246 e. The SMILES string of the molecule is O=C(Nc1ccc(F)cc1)[C@@H](N[C@@H](c1ccccc1)c1ccco1)c1ccccc1. The van der Waals surface area contributed by atoms with Crippen LogP contribution in [0, 0.1) is 5.82 Å². The molecule has 4 nitrogen and oxygen atoms in total. The summed E-state index contributed by atoms with van der Waals surface area (Å²) in [6, 6.07) is 27.7. The Bertz CT molecular complexity index is 1070. The summed E-state index contributed by atoms with van der Waals surface area (Å²) in [5.41, 5.74) is 2.31. The molecule has 5 heteroatoms. The number of hydrogen-bond acceptors (Lipinski definition) is 3. The molecule has 30 heavy (non-hydrogen) atoms. The van der Waals surface area contributed by atoms with Gasteiger partial charge >= 0.3 is 0 Å². The molecule has 4 aromatic rings. The molecule has 0 fully saturated rings. The number of hydrogen-bond donors (Lipinski definition) is 2. The van der Waals surface area contributed by atoms with Gasteiger partial charge in [-0.3, -0.25) is 10.1 Å². The van der Waals surface area contributed by atoms with Crippen molar-refractivity contribution in [1.29, 1.82) is 0 Å². The molecule has 0 aliphatic heterocycles. The molecule has 1 amide bonds. The van der Waals surface area contributed by atoms with E-state index in [4.69, 9.17) is 4.42 Å². The van der Waals surface area contributed by atoms with Crippen molar-refractivity contribution in [1.82, 2.24) is 5.32 Å². The fourth-order valence-corrected chi connectivity index (χ4v) is 3.33. The molecule has 0 spiro atoms. The van der Waals surface area contributed by atoms with Gasteiger partial charge in [0, 0.05) is 5.69 Å². The molecule has 0 aliphatic carbocycles. The lowest BCUT2D eigenvalue weighted by molar-refractivity contribution is -0.118. The third-order valence-corrected chi connectivity index (χ3v) is 4.80. The predicted octanol–water partition coefficient (Wildman–Crippen LogP) is 5.48. The topological polar surface area (TPSA) is 54.3 Å². The highest BCUT2D eigenvalue weighted by molar-refractivity contribution is 5.95. The summed E-state index contributed by atoms with van der Waals surface area (Å²) in [7, 11) is 0. The zero-order valence-electron chi connectivity index (χ0n) is 16.2. The minimum absolute atomic E-state index is 0.250. The van der Waals surface area contributed by atoms with Gasteiger partial charge in [0.2, 0.25) is 5.91 Å². The number of amides is 1. The number of furan rings is 1. The Labute approximate surface area is 174 Å². The number of nitrogens with one attached hydrogen (secondary N) is 2. The lowest BCUT2D eigenvalue weighted by Crippen LogP contribution is -2.36. The van der Waals surface area contributed by atoms with Crippen LogP contribution in [0.15, 0.2) is 108 Å². The molecule has 2 atom stereocenters. The van der Waals surface area contributed by atoms with E-state index < -0.39 is 6.04 Å². The predicted molar refractivity (Wildman–Crippen MR) is 114 cm³/mol. The van der Waals surface area contributed by atoms with Gasteiger partial charge in [0.15, 0.2) is 0 Å². The average Bonchev–Trinajstić information content (AvgIpc) is 3.32. The molecule has 0 saturated heterocycles. The highest BCUT2D eigenvalue weighted by atomic mass is 19.1. The van der Waals surface area contributed by atoms with Gasteiger partial charge in [-0.15, -0.1) is 0 Å². The highest BCUT2D eigenvalue weighted by Gasteiger charge is 2.27. The fourth-order valence-electron chi connectivity index (χ4n) is 3.33. The van der Waals surface area contributed by atoms with E-state index >= 15 is 0 Å². The Balaban J connectivity index is 1.66. The van der Waals surface area contributed by atoms with Crippen LogP contribution in [0.25, 0.3) is 0 Å². The number of benzene rings is 3. The van der Waals surface area contributed by atoms with Crippen molar-refractivity contribution in [2.24, 2.45) is 0 Å². The van der Waals surface area contributed by atoms with E-state index in [0.29, 0.717) is 11.4 Å². The zero-order chi connectivity index (χ0) is 20.8. The molecular weight excluding hydrogens is 379 g/mol. The van der Waals surface area contributed by atoms with Crippen LogP contribution < -0.4 is 10.6 Å². The van der Waals surface area contributed by atoms with E-state index in [0.717, 1.165) is 11.1 Å². The van der Waals surface area contributed by atoms with Crippen LogP contribution in [0.5, 0.6) is 0 Å². The number of anilines is 1. The normalized spacial score (nSPS) is 12.8. The van der Waals surface area contributed by atoms with Crippen LogP contribution in [0.1, 0.15) is 29.0 Å². The Morgan fingerprint density at radius 2 is 1.40 bits per heavy atom. The van der Waals surface area contributed by atoms with Crippen LogP contribution >= 0.6 is 0 Å². The minimum atomic E-state index is -0.661. The van der Waals surface area contributed by atoms with Gasteiger partial charge in [-0.25, -0.2) is 4.39 Å². The molecule has 2 N–H and O–H groups in total. The van der Waals surface area contributed by atoms with E-state index in [9.17, 15) is 9.18 Å². The first-order valence-electron chi connectivity index (χ1n) is 9.66. The molecule has 1 aromatic heterocycles. The summed E-state index contributed by atoms with van der Waals surface area (Å²) in [6.07, 6.45) is 1.61. The summed E-state index contributed by atoms with van der Waals surface area (Å²) in [5, 5.41) is 6.31. The largest absolute Gasteiger partial charge is 0.467 e. The van der Waals surface area contributed by atoms with E-state index in [1.165, 1.54) is 24.3 Å². The van der Waals surface area contributed by atoms with Crippen LogP contribution in [0.4, 0.5) is 10.1 Å². The van der Waals surface area contributed by atoms with Crippen LogP contribution in [-0.4, -0.2) is 5.91 Å². The molecule has 3 aromatic carbocycles. The summed E-state index contributed by atoms with van der Waals surface area (Å²) in [5.74, 6) is 0.102. The lowest BCUT2D eigenvalue weighted by Gasteiger charge is -2.25. The lowest BCUT2D eigenvalue weighted by atomic mass is 10.00. The number of carbonyl (C=O) groups excluding carboxylic acids is 1. The first-order chi connectivity index (χ1) is 14.7. The van der Waals surface area contributed by atoms with E-state index in [2.05, 4.69) is 10.6 Å². The van der Waals surface area contributed by atoms with E-state index in [1.54, 1.807) is 6.26 Å². The molecule has 0 radical (unpaired) electrons. The van der Waals surface area contributed by atoms with Crippen molar-refractivity contribution in [2.45, 2.75) is 12.1 Å². The van der Waals surface area contributed by atoms with Crippen LogP contribution in [0.2, 0.25) is 0 Å². The fraction of sp³-hybridized carbons (Fsp3) is 0.0800. The summed E-state index contributed by atoms with van der Waals surface area (Å²) < 4.78 is 18.9. The first-order valence-corrected chi connectivity index (χ1v) is 9.66. The van der Waals surface area contributed by atoms with Crippen molar-refractivity contribution in [3.8, 4) is 0 Å². The second kappa shape index (κ2) is 9.20. The summed E-state index contributed by atoms with van der Waals surface area (Å²) in [6.45, 7) is 0. The second-order valence-electron chi connectivity index (χ2n) is 6.87. The highest BCUT2D eigenvalue weighted by Crippen LogP contribution is 2.27. The van der Waals surface area contributed by atoms with Crippen molar-refractivity contribution >= 4 is 11.6 Å². The number of rotatable bonds is 7. The molecule has 4 rings (SSSR count). The second-order valence-corrected chi connectivity index (χ2v) is 6.87. The van der Waals surface area contributed by atoms with Gasteiger partial charge in [-0.2, -0.15) is 0 Å². The van der Waals surface area contributed by atoms with Crippen LogP contribution in [-0.2, 0) is 4.79 Å².